The third-order valence-corrected chi connectivity index (χ3v) is 3.20. The lowest BCUT2D eigenvalue weighted by molar-refractivity contribution is -0.0512. The van der Waals surface area contributed by atoms with Crippen LogP contribution in [0.15, 0.2) is 36.4 Å². The van der Waals surface area contributed by atoms with E-state index in [9.17, 15) is 13.6 Å². The Morgan fingerprint density at radius 1 is 1.09 bits per heavy atom. The van der Waals surface area contributed by atoms with E-state index in [1.165, 1.54) is 43.5 Å². The standard InChI is InChI=1S/C15H11Cl2F2NO3/c1-22-13-4-8(2-3-12(13)23-15(18)19)14(21)20-11-6-9(16)5-10(17)7-11/h2-7,15H,1H3,(H,20,21). The maximum Gasteiger partial charge on any atom is 0.387 e. The lowest BCUT2D eigenvalue weighted by atomic mass is 10.2. The predicted octanol–water partition coefficient (Wildman–Crippen LogP) is 4.86. The van der Waals surface area contributed by atoms with Crippen molar-refractivity contribution < 1.29 is 23.0 Å². The van der Waals surface area contributed by atoms with E-state index in [2.05, 4.69) is 10.1 Å². The number of rotatable bonds is 5. The molecular formula is C15H11Cl2F2NO3. The number of carbonyl (C=O) groups excluding carboxylic acids is 1. The fourth-order valence-electron chi connectivity index (χ4n) is 1.83. The second kappa shape index (κ2) is 7.48. The van der Waals surface area contributed by atoms with Gasteiger partial charge in [0, 0.05) is 21.3 Å². The van der Waals surface area contributed by atoms with Crippen molar-refractivity contribution in [3.05, 3.63) is 52.0 Å². The van der Waals surface area contributed by atoms with Gasteiger partial charge < -0.3 is 14.8 Å². The molecule has 2 rings (SSSR count). The third kappa shape index (κ3) is 4.71. The van der Waals surface area contributed by atoms with Crippen molar-refractivity contribution in [1.82, 2.24) is 0 Å². The third-order valence-electron chi connectivity index (χ3n) is 2.76. The number of carbonyl (C=O) groups is 1. The zero-order valence-corrected chi connectivity index (χ0v) is 13.3. The molecule has 0 aliphatic heterocycles. The van der Waals surface area contributed by atoms with E-state index >= 15 is 0 Å². The number of halogens is 4. The molecule has 2 aromatic carbocycles. The first-order valence-electron chi connectivity index (χ1n) is 6.29. The van der Waals surface area contributed by atoms with Crippen molar-refractivity contribution in [3.63, 3.8) is 0 Å². The summed E-state index contributed by atoms with van der Waals surface area (Å²) in [5.74, 6) is -0.628. The lowest BCUT2D eigenvalue weighted by Crippen LogP contribution is -2.12. The van der Waals surface area contributed by atoms with E-state index in [0.717, 1.165) is 0 Å². The summed E-state index contributed by atoms with van der Waals surface area (Å²) in [7, 11) is 1.28. The summed E-state index contributed by atoms with van der Waals surface area (Å²) in [5.41, 5.74) is 0.596. The Morgan fingerprint density at radius 2 is 1.74 bits per heavy atom. The first-order chi connectivity index (χ1) is 10.9. The van der Waals surface area contributed by atoms with Gasteiger partial charge in [0.1, 0.15) is 0 Å². The van der Waals surface area contributed by atoms with Crippen molar-refractivity contribution in [1.29, 1.82) is 0 Å². The molecule has 1 amide bonds. The fraction of sp³-hybridized carbons (Fsp3) is 0.133. The number of alkyl halides is 2. The molecule has 23 heavy (non-hydrogen) atoms. The minimum atomic E-state index is -2.99. The van der Waals surface area contributed by atoms with Crippen LogP contribution >= 0.6 is 23.2 Å². The molecule has 0 atom stereocenters. The SMILES string of the molecule is COc1cc(C(=O)Nc2cc(Cl)cc(Cl)c2)ccc1OC(F)F. The Morgan fingerprint density at radius 3 is 2.30 bits per heavy atom. The van der Waals surface area contributed by atoms with Crippen LogP contribution in [0.3, 0.4) is 0 Å². The summed E-state index contributed by atoms with van der Waals surface area (Å²) >= 11 is 11.7. The van der Waals surface area contributed by atoms with Gasteiger partial charge in [-0.15, -0.1) is 0 Å². The van der Waals surface area contributed by atoms with Crippen molar-refractivity contribution in [2.45, 2.75) is 6.61 Å². The van der Waals surface area contributed by atoms with Gasteiger partial charge in [-0.2, -0.15) is 8.78 Å². The molecule has 8 heteroatoms. The van der Waals surface area contributed by atoms with Gasteiger partial charge in [-0.25, -0.2) is 0 Å². The van der Waals surface area contributed by atoms with Gasteiger partial charge in [0.05, 0.1) is 7.11 Å². The summed E-state index contributed by atoms with van der Waals surface area (Å²) in [6, 6.07) is 8.43. The summed E-state index contributed by atoms with van der Waals surface area (Å²) in [4.78, 5) is 12.2. The maximum atomic E-state index is 12.3. The van der Waals surface area contributed by atoms with Crippen LogP contribution < -0.4 is 14.8 Å². The predicted molar refractivity (Wildman–Crippen MR) is 84.0 cm³/mol. The average molecular weight is 362 g/mol. The molecule has 0 radical (unpaired) electrons. The first kappa shape index (κ1) is 17.3. The van der Waals surface area contributed by atoms with E-state index in [1.807, 2.05) is 0 Å². The highest BCUT2D eigenvalue weighted by atomic mass is 35.5. The largest absolute Gasteiger partial charge is 0.493 e. The van der Waals surface area contributed by atoms with Crippen LogP contribution in [-0.4, -0.2) is 19.6 Å². The summed E-state index contributed by atoms with van der Waals surface area (Å²) in [5, 5.41) is 3.33. The van der Waals surface area contributed by atoms with E-state index in [1.54, 1.807) is 0 Å². The molecule has 2 aromatic rings. The number of methoxy groups -OCH3 is 1. The Kier molecular flexibility index (Phi) is 5.63. The molecule has 0 saturated heterocycles. The molecule has 0 spiro atoms. The highest BCUT2D eigenvalue weighted by molar-refractivity contribution is 6.35. The topological polar surface area (TPSA) is 47.6 Å². The van der Waals surface area contributed by atoms with Gasteiger partial charge >= 0.3 is 6.61 Å². The number of nitrogens with one attached hydrogen (secondary N) is 1. The van der Waals surface area contributed by atoms with E-state index in [4.69, 9.17) is 27.9 Å². The second-order valence-electron chi connectivity index (χ2n) is 4.36. The molecule has 122 valence electrons. The van der Waals surface area contributed by atoms with Crippen LogP contribution in [0.1, 0.15) is 10.4 Å². The Bertz CT molecular complexity index is 706. The van der Waals surface area contributed by atoms with E-state index in [-0.39, 0.29) is 17.1 Å². The van der Waals surface area contributed by atoms with Crippen LogP contribution in [-0.2, 0) is 0 Å². The highest BCUT2D eigenvalue weighted by Crippen LogP contribution is 2.30. The molecule has 0 saturated carbocycles. The molecule has 0 aromatic heterocycles. The van der Waals surface area contributed by atoms with Gasteiger partial charge in [-0.3, -0.25) is 4.79 Å². The zero-order chi connectivity index (χ0) is 17.0. The average Bonchev–Trinajstić information content (AvgIpc) is 2.45. The molecule has 0 aliphatic rings. The van der Waals surface area contributed by atoms with Crippen LogP contribution in [0, 0.1) is 0 Å². The van der Waals surface area contributed by atoms with Crippen molar-refractivity contribution in [2.75, 3.05) is 12.4 Å². The fourth-order valence-corrected chi connectivity index (χ4v) is 2.36. The normalized spacial score (nSPS) is 10.5. The minimum absolute atomic E-state index is 0.0158. The van der Waals surface area contributed by atoms with Crippen LogP contribution in [0.2, 0.25) is 10.0 Å². The van der Waals surface area contributed by atoms with Gasteiger partial charge in [-0.1, -0.05) is 23.2 Å². The lowest BCUT2D eigenvalue weighted by Gasteiger charge is -2.12. The number of anilines is 1. The van der Waals surface area contributed by atoms with Crippen LogP contribution in [0.5, 0.6) is 11.5 Å². The Balaban J connectivity index is 2.22. The molecule has 0 fully saturated rings. The second-order valence-corrected chi connectivity index (χ2v) is 5.23. The molecule has 0 unspecified atom stereocenters. The molecular weight excluding hydrogens is 351 g/mol. The molecule has 0 aliphatic carbocycles. The van der Waals surface area contributed by atoms with Crippen LogP contribution in [0.4, 0.5) is 14.5 Å². The number of ether oxygens (including phenoxy) is 2. The van der Waals surface area contributed by atoms with Crippen LogP contribution in [0.25, 0.3) is 0 Å². The quantitative estimate of drug-likeness (QED) is 0.827. The summed E-state index contributed by atoms with van der Waals surface area (Å²) in [6.07, 6.45) is 0. The van der Waals surface area contributed by atoms with Crippen molar-refractivity contribution in [3.8, 4) is 11.5 Å². The number of hydrogen-bond donors (Lipinski definition) is 1. The van der Waals surface area contributed by atoms with E-state index in [0.29, 0.717) is 15.7 Å². The highest BCUT2D eigenvalue weighted by Gasteiger charge is 2.14. The minimum Gasteiger partial charge on any atom is -0.493 e. The smallest absolute Gasteiger partial charge is 0.387 e. The molecule has 1 N–H and O–H groups in total. The Labute approximate surface area is 140 Å². The maximum absolute atomic E-state index is 12.3. The number of hydrogen-bond acceptors (Lipinski definition) is 3. The van der Waals surface area contributed by atoms with Gasteiger partial charge in [0.2, 0.25) is 0 Å². The Hall–Kier alpha value is -2.05. The molecule has 0 heterocycles. The summed E-state index contributed by atoms with van der Waals surface area (Å²) in [6.45, 7) is -2.99. The summed E-state index contributed by atoms with van der Waals surface area (Å²) < 4.78 is 33.8. The van der Waals surface area contributed by atoms with Crippen molar-refractivity contribution >= 4 is 34.8 Å². The monoisotopic (exact) mass is 361 g/mol. The number of amides is 1. The van der Waals surface area contributed by atoms with E-state index < -0.39 is 12.5 Å². The van der Waals surface area contributed by atoms with Gasteiger partial charge in [-0.05, 0) is 36.4 Å². The number of benzene rings is 2. The van der Waals surface area contributed by atoms with Gasteiger partial charge in [0.25, 0.3) is 5.91 Å². The zero-order valence-electron chi connectivity index (χ0n) is 11.8. The molecule has 0 bridgehead atoms. The molecule has 4 nitrogen and oxygen atoms in total. The van der Waals surface area contributed by atoms with Gasteiger partial charge in [0.15, 0.2) is 11.5 Å². The van der Waals surface area contributed by atoms with Crippen molar-refractivity contribution in [2.24, 2.45) is 0 Å². The first-order valence-corrected chi connectivity index (χ1v) is 7.05.